The van der Waals surface area contributed by atoms with Crippen LogP contribution < -0.4 is 0 Å². The summed E-state index contributed by atoms with van der Waals surface area (Å²) in [5.74, 6) is 0.998. The lowest BCUT2D eigenvalue weighted by Gasteiger charge is -2.18. The third-order valence-corrected chi connectivity index (χ3v) is 7.42. The molecule has 0 radical (unpaired) electrons. The summed E-state index contributed by atoms with van der Waals surface area (Å²) in [4.78, 5) is 17.2. The van der Waals surface area contributed by atoms with Crippen LogP contribution in [-0.4, -0.2) is 39.8 Å². The van der Waals surface area contributed by atoms with E-state index in [1.807, 2.05) is 40.2 Å². The molecule has 0 spiro atoms. The highest BCUT2D eigenvalue weighted by molar-refractivity contribution is 7.99. The van der Waals surface area contributed by atoms with Crippen LogP contribution >= 0.6 is 34.4 Å². The van der Waals surface area contributed by atoms with E-state index in [-0.39, 0.29) is 5.91 Å². The molecule has 0 saturated carbocycles. The number of hydrogen-bond acceptors (Lipinski definition) is 5. The Hall–Kier alpha value is -1.57. The fourth-order valence-electron chi connectivity index (χ4n) is 2.83. The zero-order valence-electron chi connectivity index (χ0n) is 13.0. The molecule has 1 N–H and O–H groups in total. The molecular weight excluding hydrogens is 358 g/mol. The Morgan fingerprint density at radius 3 is 2.88 bits per heavy atom. The molecule has 1 saturated heterocycles. The van der Waals surface area contributed by atoms with Crippen LogP contribution in [0.3, 0.4) is 0 Å². The summed E-state index contributed by atoms with van der Waals surface area (Å²) >= 11 is 5.40. The number of carbonyl (C=O) groups excluding carboxylic acids is 1. The van der Waals surface area contributed by atoms with Crippen LogP contribution in [0.1, 0.15) is 27.0 Å². The third-order valence-electron chi connectivity index (χ3n) is 4.07. The summed E-state index contributed by atoms with van der Waals surface area (Å²) in [7, 11) is 0. The van der Waals surface area contributed by atoms with Crippen LogP contribution in [-0.2, 0) is 0 Å². The van der Waals surface area contributed by atoms with Crippen molar-refractivity contribution in [3.05, 3.63) is 51.7 Å². The zero-order valence-corrected chi connectivity index (χ0v) is 15.4. The van der Waals surface area contributed by atoms with Crippen LogP contribution in [0.4, 0.5) is 0 Å². The molecule has 4 rings (SSSR count). The first kappa shape index (κ1) is 15.9. The minimum atomic E-state index is 0.0292. The van der Waals surface area contributed by atoms with Gasteiger partial charge in [-0.05, 0) is 35.4 Å². The number of nitrogens with zero attached hydrogens (tertiary/aromatic N) is 2. The lowest BCUT2D eigenvalue weighted by Crippen LogP contribution is -2.33. The molecule has 1 atom stereocenters. The number of aromatic nitrogens is 2. The first-order chi connectivity index (χ1) is 11.8. The number of amides is 1. The van der Waals surface area contributed by atoms with Gasteiger partial charge in [0.15, 0.2) is 5.69 Å². The fraction of sp³-hybridized carbons (Fsp3) is 0.294. The maximum atomic E-state index is 12.8. The highest BCUT2D eigenvalue weighted by Gasteiger charge is 2.24. The van der Waals surface area contributed by atoms with Crippen molar-refractivity contribution in [3.8, 4) is 10.6 Å². The molecule has 1 aliphatic rings. The molecule has 7 heteroatoms. The van der Waals surface area contributed by atoms with Gasteiger partial charge in [0.25, 0.3) is 5.91 Å². The van der Waals surface area contributed by atoms with E-state index in [2.05, 4.69) is 27.7 Å². The molecule has 4 nitrogen and oxygen atoms in total. The topological polar surface area (TPSA) is 49.0 Å². The van der Waals surface area contributed by atoms with Gasteiger partial charge >= 0.3 is 0 Å². The summed E-state index contributed by atoms with van der Waals surface area (Å²) in [5.41, 5.74) is 1.42. The van der Waals surface area contributed by atoms with E-state index in [0.29, 0.717) is 10.9 Å². The van der Waals surface area contributed by atoms with Gasteiger partial charge < -0.3 is 4.90 Å². The highest BCUT2D eigenvalue weighted by Crippen LogP contribution is 2.37. The predicted molar refractivity (Wildman–Crippen MR) is 102 cm³/mol. The van der Waals surface area contributed by atoms with Crippen LogP contribution in [0.2, 0.25) is 0 Å². The number of thiophene rings is 2. The maximum Gasteiger partial charge on any atom is 0.274 e. The number of carbonyl (C=O) groups is 1. The summed E-state index contributed by atoms with van der Waals surface area (Å²) in [6.07, 6.45) is 0.999. The van der Waals surface area contributed by atoms with Crippen molar-refractivity contribution in [1.82, 2.24) is 15.1 Å². The second-order valence-electron chi connectivity index (χ2n) is 5.60. The van der Waals surface area contributed by atoms with Crippen molar-refractivity contribution in [2.75, 3.05) is 18.8 Å². The summed E-state index contributed by atoms with van der Waals surface area (Å²) in [6, 6.07) is 10.2. The number of aromatic amines is 1. The number of nitrogens with one attached hydrogen (secondary N) is 1. The molecule has 0 aromatic carbocycles. The number of H-pyrrole nitrogens is 1. The molecule has 1 amide bonds. The Morgan fingerprint density at radius 1 is 1.21 bits per heavy atom. The van der Waals surface area contributed by atoms with Gasteiger partial charge in [0.1, 0.15) is 0 Å². The standard InChI is InChI=1S/C17H17N3OS3/c21-17(13-11-12(18-19-13)14-3-1-8-22-14)20-6-5-16(24-10-7-20)15-4-2-9-23-15/h1-4,8-9,11,16H,5-7,10H2,(H,18,19). The van der Waals surface area contributed by atoms with Gasteiger partial charge in [-0.15, -0.1) is 22.7 Å². The second-order valence-corrected chi connectivity index (χ2v) is 8.84. The van der Waals surface area contributed by atoms with Crippen LogP contribution in [0.5, 0.6) is 0 Å². The molecule has 0 bridgehead atoms. The number of hydrogen-bond donors (Lipinski definition) is 1. The Morgan fingerprint density at radius 2 is 2.08 bits per heavy atom. The molecule has 124 valence electrons. The van der Waals surface area contributed by atoms with Crippen molar-refractivity contribution in [3.63, 3.8) is 0 Å². The number of thioether (sulfide) groups is 1. The molecule has 1 aliphatic heterocycles. The molecular formula is C17H17N3OS3. The minimum Gasteiger partial charge on any atom is -0.336 e. The van der Waals surface area contributed by atoms with Crippen molar-refractivity contribution in [2.24, 2.45) is 0 Å². The van der Waals surface area contributed by atoms with E-state index in [1.165, 1.54) is 4.88 Å². The first-order valence-corrected chi connectivity index (χ1v) is 10.7. The third kappa shape index (κ3) is 3.29. The molecule has 4 heterocycles. The Balaban J connectivity index is 1.45. The van der Waals surface area contributed by atoms with Crippen molar-refractivity contribution >= 4 is 40.3 Å². The summed E-state index contributed by atoms with van der Waals surface area (Å²) in [5, 5.41) is 11.9. The lowest BCUT2D eigenvalue weighted by atomic mass is 10.2. The normalized spacial score (nSPS) is 18.5. The van der Waals surface area contributed by atoms with E-state index >= 15 is 0 Å². The molecule has 3 aromatic heterocycles. The van der Waals surface area contributed by atoms with Gasteiger partial charge in [0.05, 0.1) is 10.6 Å². The van der Waals surface area contributed by atoms with E-state index in [1.54, 1.807) is 22.7 Å². The average molecular weight is 376 g/mol. The maximum absolute atomic E-state index is 12.8. The fourth-order valence-corrected chi connectivity index (χ4v) is 5.76. The van der Waals surface area contributed by atoms with E-state index in [0.717, 1.165) is 35.8 Å². The lowest BCUT2D eigenvalue weighted by molar-refractivity contribution is 0.0761. The molecule has 1 unspecified atom stereocenters. The quantitative estimate of drug-likeness (QED) is 0.732. The van der Waals surface area contributed by atoms with Gasteiger partial charge in [-0.25, -0.2) is 0 Å². The zero-order chi connectivity index (χ0) is 16.4. The summed E-state index contributed by atoms with van der Waals surface area (Å²) in [6.45, 7) is 1.57. The second kappa shape index (κ2) is 7.13. The Bertz CT molecular complexity index is 795. The van der Waals surface area contributed by atoms with Crippen molar-refractivity contribution in [1.29, 1.82) is 0 Å². The van der Waals surface area contributed by atoms with Crippen LogP contribution in [0.25, 0.3) is 10.6 Å². The van der Waals surface area contributed by atoms with Crippen molar-refractivity contribution in [2.45, 2.75) is 11.7 Å². The van der Waals surface area contributed by atoms with Gasteiger partial charge in [0.2, 0.25) is 0 Å². The van der Waals surface area contributed by atoms with Gasteiger partial charge in [-0.3, -0.25) is 9.89 Å². The van der Waals surface area contributed by atoms with E-state index in [4.69, 9.17) is 0 Å². The van der Waals surface area contributed by atoms with Gasteiger partial charge in [0, 0.05) is 29.0 Å². The smallest absolute Gasteiger partial charge is 0.274 e. The van der Waals surface area contributed by atoms with Crippen molar-refractivity contribution < 1.29 is 4.79 Å². The SMILES string of the molecule is O=C(c1cc(-c2cccs2)[nH]n1)N1CCSC(c2cccs2)CC1. The predicted octanol–water partition coefficient (Wildman–Crippen LogP) is 4.52. The molecule has 1 fully saturated rings. The monoisotopic (exact) mass is 375 g/mol. The Labute approximate surface area is 152 Å². The van der Waals surface area contributed by atoms with Gasteiger partial charge in [-0.1, -0.05) is 12.1 Å². The Kier molecular flexibility index (Phi) is 4.73. The largest absolute Gasteiger partial charge is 0.336 e. The van der Waals surface area contributed by atoms with E-state index in [9.17, 15) is 4.79 Å². The highest BCUT2D eigenvalue weighted by atomic mass is 32.2. The average Bonchev–Trinajstić information content (AvgIpc) is 3.33. The summed E-state index contributed by atoms with van der Waals surface area (Å²) < 4.78 is 0. The van der Waals surface area contributed by atoms with Crippen LogP contribution in [0, 0.1) is 0 Å². The van der Waals surface area contributed by atoms with Crippen LogP contribution in [0.15, 0.2) is 41.1 Å². The van der Waals surface area contributed by atoms with Gasteiger partial charge in [-0.2, -0.15) is 16.9 Å². The molecule has 0 aliphatic carbocycles. The molecule has 24 heavy (non-hydrogen) atoms. The number of rotatable bonds is 3. The molecule has 3 aromatic rings. The van der Waals surface area contributed by atoms with E-state index < -0.39 is 0 Å². The minimum absolute atomic E-state index is 0.0292. The first-order valence-electron chi connectivity index (χ1n) is 7.85.